The average molecular weight is 536 g/mol. The van der Waals surface area contributed by atoms with E-state index < -0.39 is 22.5 Å². The fourth-order valence-corrected chi connectivity index (χ4v) is 4.67. The molecule has 2 N–H and O–H groups in total. The predicted molar refractivity (Wildman–Crippen MR) is 136 cm³/mol. The molecule has 0 aromatic heterocycles. The number of rotatable bonds is 10. The molecule has 3 aromatic rings. The highest BCUT2D eigenvalue weighted by Gasteiger charge is 2.27. The van der Waals surface area contributed by atoms with E-state index in [0.717, 1.165) is 4.31 Å². The van der Waals surface area contributed by atoms with Gasteiger partial charge in [0.2, 0.25) is 10.0 Å². The van der Waals surface area contributed by atoms with Crippen molar-refractivity contribution in [1.82, 2.24) is 9.73 Å². The molecule has 3 rings (SSSR count). The molecular weight excluding hydrogens is 513 g/mol. The van der Waals surface area contributed by atoms with Gasteiger partial charge in [0, 0.05) is 16.6 Å². The Morgan fingerprint density at radius 2 is 1.69 bits per heavy atom. The number of hydrazone groups is 1. The molecular formula is C24H23Cl2N3O5S. The minimum atomic E-state index is -4.03. The van der Waals surface area contributed by atoms with Gasteiger partial charge in [-0.2, -0.15) is 9.41 Å². The van der Waals surface area contributed by atoms with Crippen LogP contribution in [0, 0.1) is 0 Å². The minimum absolute atomic E-state index is 0.000267. The van der Waals surface area contributed by atoms with Crippen LogP contribution in [0.1, 0.15) is 18.1 Å². The molecule has 0 atom stereocenters. The summed E-state index contributed by atoms with van der Waals surface area (Å²) in [5.74, 6) is -0.374. The van der Waals surface area contributed by atoms with Gasteiger partial charge in [-0.05, 0) is 72.6 Å². The van der Waals surface area contributed by atoms with Crippen LogP contribution in [0.5, 0.6) is 11.5 Å². The topological polar surface area (TPSA) is 108 Å². The number of aromatic hydroxyl groups is 1. The van der Waals surface area contributed by atoms with Crippen LogP contribution in [0.3, 0.4) is 0 Å². The third kappa shape index (κ3) is 7.43. The maximum Gasteiger partial charge on any atom is 0.255 e. The van der Waals surface area contributed by atoms with E-state index in [0.29, 0.717) is 27.8 Å². The van der Waals surface area contributed by atoms with Crippen molar-refractivity contribution in [2.45, 2.75) is 18.4 Å². The summed E-state index contributed by atoms with van der Waals surface area (Å²) in [6, 6.07) is 16.9. The summed E-state index contributed by atoms with van der Waals surface area (Å²) in [6.45, 7) is 1.62. The maximum atomic E-state index is 13.3. The van der Waals surface area contributed by atoms with Crippen LogP contribution < -0.4 is 10.2 Å². The molecule has 0 aliphatic rings. The molecule has 0 saturated carbocycles. The van der Waals surface area contributed by atoms with Crippen molar-refractivity contribution >= 4 is 45.3 Å². The number of sulfonamides is 1. The van der Waals surface area contributed by atoms with Gasteiger partial charge in [-0.15, -0.1) is 0 Å². The first-order valence-electron chi connectivity index (χ1n) is 10.5. The Morgan fingerprint density at radius 3 is 2.31 bits per heavy atom. The van der Waals surface area contributed by atoms with Gasteiger partial charge in [0.25, 0.3) is 5.91 Å². The summed E-state index contributed by atoms with van der Waals surface area (Å²) < 4.78 is 32.9. The lowest BCUT2D eigenvalue weighted by atomic mass is 10.2. The first kappa shape index (κ1) is 26.5. The number of hydrogen-bond donors (Lipinski definition) is 2. The third-order valence-electron chi connectivity index (χ3n) is 4.73. The summed E-state index contributed by atoms with van der Waals surface area (Å²) in [4.78, 5) is 12.6. The van der Waals surface area contributed by atoms with Gasteiger partial charge in [-0.1, -0.05) is 35.3 Å². The molecule has 8 nitrogen and oxygen atoms in total. The lowest BCUT2D eigenvalue weighted by molar-refractivity contribution is -0.121. The van der Waals surface area contributed by atoms with E-state index in [4.69, 9.17) is 27.9 Å². The van der Waals surface area contributed by atoms with Gasteiger partial charge in [0.05, 0.1) is 24.3 Å². The number of ether oxygens (including phenoxy) is 1. The average Bonchev–Trinajstić information content (AvgIpc) is 2.82. The van der Waals surface area contributed by atoms with Crippen LogP contribution in [0.15, 0.2) is 76.7 Å². The van der Waals surface area contributed by atoms with Crippen molar-refractivity contribution in [2.75, 3.05) is 13.2 Å². The number of hydrogen-bond acceptors (Lipinski definition) is 6. The summed E-state index contributed by atoms with van der Waals surface area (Å²) in [6.07, 6.45) is 1.36. The molecule has 0 spiro atoms. The number of phenolic OH excluding ortho intramolecular Hbond substituents is 1. The predicted octanol–water partition coefficient (Wildman–Crippen LogP) is 4.44. The smallest absolute Gasteiger partial charge is 0.255 e. The first-order valence-corrected chi connectivity index (χ1v) is 12.7. The van der Waals surface area contributed by atoms with E-state index in [1.54, 1.807) is 43.3 Å². The second-order valence-corrected chi connectivity index (χ2v) is 10.1. The number of benzene rings is 3. The maximum absolute atomic E-state index is 13.3. The van der Waals surface area contributed by atoms with Crippen molar-refractivity contribution in [3.8, 4) is 11.5 Å². The number of carbonyl (C=O) groups excluding carboxylic acids is 1. The molecule has 0 bridgehead atoms. The van der Waals surface area contributed by atoms with Crippen molar-refractivity contribution in [2.24, 2.45) is 5.10 Å². The van der Waals surface area contributed by atoms with E-state index in [2.05, 4.69) is 10.5 Å². The second kappa shape index (κ2) is 12.0. The van der Waals surface area contributed by atoms with Crippen LogP contribution in [0.2, 0.25) is 10.0 Å². The molecule has 35 heavy (non-hydrogen) atoms. The third-order valence-corrected chi connectivity index (χ3v) is 7.04. The highest BCUT2D eigenvalue weighted by Crippen LogP contribution is 2.26. The monoisotopic (exact) mass is 535 g/mol. The fraction of sp³-hybridized carbons (Fsp3) is 0.167. The molecule has 0 heterocycles. The molecule has 0 fully saturated rings. The van der Waals surface area contributed by atoms with Gasteiger partial charge < -0.3 is 9.84 Å². The van der Waals surface area contributed by atoms with Gasteiger partial charge in [0.15, 0.2) is 11.5 Å². The molecule has 11 heteroatoms. The number of halogens is 2. The van der Waals surface area contributed by atoms with Crippen molar-refractivity contribution in [3.05, 3.63) is 87.9 Å². The van der Waals surface area contributed by atoms with Gasteiger partial charge >= 0.3 is 0 Å². The highest BCUT2D eigenvalue weighted by atomic mass is 35.5. The zero-order chi connectivity index (χ0) is 25.4. The minimum Gasteiger partial charge on any atom is -0.504 e. The number of nitrogens with one attached hydrogen (secondary N) is 1. The molecule has 184 valence electrons. The van der Waals surface area contributed by atoms with Crippen LogP contribution in [-0.2, 0) is 21.4 Å². The van der Waals surface area contributed by atoms with E-state index in [1.165, 1.54) is 36.5 Å². The number of carbonyl (C=O) groups is 1. The SMILES string of the molecule is CCOc1cc(/C=N\NC(=O)CN(Cc2ccc(Cl)cc2)S(=O)(=O)c2ccc(Cl)cc2)ccc1O. The molecule has 0 unspecified atom stereocenters. The van der Waals surface area contributed by atoms with E-state index in [-0.39, 0.29) is 22.9 Å². The zero-order valence-electron chi connectivity index (χ0n) is 18.7. The molecule has 0 aliphatic carbocycles. The second-order valence-electron chi connectivity index (χ2n) is 7.31. The Bertz CT molecular complexity index is 1300. The van der Waals surface area contributed by atoms with E-state index >= 15 is 0 Å². The number of nitrogens with zero attached hydrogens (tertiary/aromatic N) is 2. The summed E-state index contributed by atoms with van der Waals surface area (Å²) >= 11 is 11.8. The Hall–Kier alpha value is -3.11. The van der Waals surface area contributed by atoms with E-state index in [9.17, 15) is 18.3 Å². The number of amides is 1. The quantitative estimate of drug-likeness (QED) is 0.294. The number of phenols is 1. The van der Waals surface area contributed by atoms with Crippen LogP contribution in [-0.4, -0.2) is 43.1 Å². The lowest BCUT2D eigenvalue weighted by Crippen LogP contribution is -2.39. The largest absolute Gasteiger partial charge is 0.504 e. The van der Waals surface area contributed by atoms with Gasteiger partial charge in [-0.3, -0.25) is 4.79 Å². The molecule has 0 radical (unpaired) electrons. The molecule has 3 aromatic carbocycles. The van der Waals surface area contributed by atoms with Gasteiger partial charge in [-0.25, -0.2) is 13.8 Å². The Morgan fingerprint density at radius 1 is 1.06 bits per heavy atom. The molecule has 0 saturated heterocycles. The Kier molecular flexibility index (Phi) is 9.11. The first-order chi connectivity index (χ1) is 16.7. The van der Waals surface area contributed by atoms with Crippen molar-refractivity contribution in [3.63, 3.8) is 0 Å². The summed E-state index contributed by atoms with van der Waals surface area (Å²) in [7, 11) is -4.03. The van der Waals surface area contributed by atoms with Gasteiger partial charge in [0.1, 0.15) is 0 Å². The summed E-state index contributed by atoms with van der Waals surface area (Å²) in [5, 5.41) is 14.6. The van der Waals surface area contributed by atoms with Crippen molar-refractivity contribution < 1.29 is 23.1 Å². The Balaban J connectivity index is 1.77. The lowest BCUT2D eigenvalue weighted by Gasteiger charge is -2.21. The summed E-state index contributed by atoms with van der Waals surface area (Å²) in [5.41, 5.74) is 3.55. The van der Waals surface area contributed by atoms with Crippen LogP contribution >= 0.6 is 23.2 Å². The standard InChI is InChI=1S/C24H23Cl2N3O5S/c1-2-34-23-13-18(5-12-22(23)30)14-27-28-24(31)16-29(15-17-3-6-19(25)7-4-17)35(32,33)21-10-8-20(26)9-11-21/h3-14,30H,2,15-16H2,1H3,(H,28,31)/b27-14-. The zero-order valence-corrected chi connectivity index (χ0v) is 21.0. The van der Waals surface area contributed by atoms with Crippen LogP contribution in [0.4, 0.5) is 0 Å². The van der Waals surface area contributed by atoms with Crippen molar-refractivity contribution in [1.29, 1.82) is 0 Å². The molecule has 0 aliphatic heterocycles. The highest BCUT2D eigenvalue weighted by molar-refractivity contribution is 7.89. The van der Waals surface area contributed by atoms with E-state index in [1.807, 2.05) is 0 Å². The fourth-order valence-electron chi connectivity index (χ4n) is 3.03. The normalized spacial score (nSPS) is 11.7. The Labute approximate surface area is 213 Å². The molecule has 1 amide bonds. The van der Waals surface area contributed by atoms with Crippen LogP contribution in [0.25, 0.3) is 0 Å².